The SMILES string of the molecule is CCOC(=O)c1cn(CC(=O)Nc2ccccc2C(F)(F)F)c2nc(C)ccc2c1=O. The summed E-state index contributed by atoms with van der Waals surface area (Å²) in [6.07, 6.45) is -3.52. The van der Waals surface area contributed by atoms with Crippen molar-refractivity contribution in [3.63, 3.8) is 0 Å². The lowest BCUT2D eigenvalue weighted by atomic mass is 10.1. The van der Waals surface area contributed by atoms with Crippen molar-refractivity contribution in [2.45, 2.75) is 26.6 Å². The summed E-state index contributed by atoms with van der Waals surface area (Å²) in [7, 11) is 0. The molecule has 3 aromatic rings. The van der Waals surface area contributed by atoms with Crippen LogP contribution in [0.1, 0.15) is 28.5 Å². The number of halogens is 3. The molecule has 0 radical (unpaired) electrons. The average molecular weight is 433 g/mol. The van der Waals surface area contributed by atoms with Crippen molar-refractivity contribution in [2.75, 3.05) is 11.9 Å². The Balaban J connectivity index is 2.02. The Bertz CT molecular complexity index is 1220. The number of fused-ring (bicyclic) bond motifs is 1. The molecule has 2 heterocycles. The fourth-order valence-electron chi connectivity index (χ4n) is 3.02. The number of pyridine rings is 2. The molecule has 0 fully saturated rings. The van der Waals surface area contributed by atoms with Crippen LogP contribution in [0.4, 0.5) is 18.9 Å². The van der Waals surface area contributed by atoms with Gasteiger partial charge in [-0.3, -0.25) is 9.59 Å². The number of aromatic nitrogens is 2. The lowest BCUT2D eigenvalue weighted by Gasteiger charge is -2.15. The maximum absolute atomic E-state index is 13.2. The first kappa shape index (κ1) is 22.0. The van der Waals surface area contributed by atoms with Crippen molar-refractivity contribution in [3.05, 3.63) is 69.6 Å². The topological polar surface area (TPSA) is 90.3 Å². The first-order valence-electron chi connectivity index (χ1n) is 9.25. The maximum Gasteiger partial charge on any atom is 0.418 e. The van der Waals surface area contributed by atoms with E-state index in [1.54, 1.807) is 19.9 Å². The standard InChI is InChI=1S/C21H18F3N3O4/c1-3-31-20(30)14-10-27(19-13(18(14)29)9-8-12(2)25-19)11-17(28)26-16-7-5-4-6-15(16)21(22,23)24/h4-10H,3,11H2,1-2H3,(H,26,28). The molecule has 162 valence electrons. The fraction of sp³-hybridized carbons (Fsp3) is 0.238. The summed E-state index contributed by atoms with van der Waals surface area (Å²) >= 11 is 0. The summed E-state index contributed by atoms with van der Waals surface area (Å²) in [5, 5.41) is 2.31. The van der Waals surface area contributed by atoms with Crippen molar-refractivity contribution in [3.8, 4) is 0 Å². The number of para-hydroxylation sites is 1. The molecule has 0 saturated carbocycles. The molecule has 0 atom stereocenters. The van der Waals surface area contributed by atoms with Crippen molar-refractivity contribution < 1.29 is 27.5 Å². The van der Waals surface area contributed by atoms with E-state index in [0.29, 0.717) is 5.69 Å². The number of esters is 1. The van der Waals surface area contributed by atoms with E-state index in [2.05, 4.69) is 10.3 Å². The number of amides is 1. The first-order chi connectivity index (χ1) is 14.6. The van der Waals surface area contributed by atoms with Crippen molar-refractivity contribution in [1.82, 2.24) is 9.55 Å². The molecule has 0 saturated heterocycles. The molecular weight excluding hydrogens is 415 g/mol. The Kier molecular flexibility index (Phi) is 6.09. The van der Waals surface area contributed by atoms with Crippen LogP contribution in [-0.2, 0) is 22.3 Å². The Morgan fingerprint density at radius 1 is 1.16 bits per heavy atom. The van der Waals surface area contributed by atoms with Gasteiger partial charge in [0.05, 0.1) is 23.2 Å². The van der Waals surface area contributed by atoms with Crippen molar-refractivity contribution in [2.24, 2.45) is 0 Å². The predicted octanol–water partition coefficient (Wildman–Crippen LogP) is 3.54. The number of nitrogens with one attached hydrogen (secondary N) is 1. The summed E-state index contributed by atoms with van der Waals surface area (Å²) in [5.41, 5.74) is -1.64. The number of hydrogen-bond acceptors (Lipinski definition) is 5. The number of hydrogen-bond donors (Lipinski definition) is 1. The molecule has 3 rings (SSSR count). The molecular formula is C21H18F3N3O4. The van der Waals surface area contributed by atoms with Crippen LogP contribution in [0.5, 0.6) is 0 Å². The molecule has 1 amide bonds. The van der Waals surface area contributed by atoms with E-state index >= 15 is 0 Å². The molecule has 0 aliphatic heterocycles. The van der Waals surface area contributed by atoms with Crippen LogP contribution in [0, 0.1) is 6.92 Å². The number of ether oxygens (including phenoxy) is 1. The van der Waals surface area contributed by atoms with Gasteiger partial charge in [-0.1, -0.05) is 12.1 Å². The number of alkyl halides is 3. The molecule has 0 bridgehead atoms. The zero-order valence-corrected chi connectivity index (χ0v) is 16.6. The van der Waals surface area contributed by atoms with Crippen LogP contribution in [0.2, 0.25) is 0 Å². The summed E-state index contributed by atoms with van der Waals surface area (Å²) in [5.74, 6) is -1.66. The van der Waals surface area contributed by atoms with E-state index in [-0.39, 0.29) is 23.2 Å². The van der Waals surface area contributed by atoms with Gasteiger partial charge in [-0.15, -0.1) is 0 Å². The summed E-state index contributed by atoms with van der Waals surface area (Å²) in [6, 6.07) is 7.61. The number of benzene rings is 1. The van der Waals surface area contributed by atoms with Crippen LogP contribution in [0.3, 0.4) is 0 Å². The third-order valence-electron chi connectivity index (χ3n) is 4.38. The molecule has 31 heavy (non-hydrogen) atoms. The summed E-state index contributed by atoms with van der Waals surface area (Å²) in [6.45, 7) is 2.81. The minimum absolute atomic E-state index is 0.0389. The largest absolute Gasteiger partial charge is 0.462 e. The summed E-state index contributed by atoms with van der Waals surface area (Å²) in [4.78, 5) is 41.6. The third kappa shape index (κ3) is 4.73. The number of nitrogens with zero attached hydrogens (tertiary/aromatic N) is 2. The molecule has 0 spiro atoms. The third-order valence-corrected chi connectivity index (χ3v) is 4.38. The quantitative estimate of drug-likeness (QED) is 0.622. The minimum atomic E-state index is -4.65. The van der Waals surface area contributed by atoms with Gasteiger partial charge in [-0.2, -0.15) is 13.2 Å². The van der Waals surface area contributed by atoms with Crippen LogP contribution < -0.4 is 10.7 Å². The molecule has 1 N–H and O–H groups in total. The number of carbonyl (C=O) groups is 2. The van der Waals surface area contributed by atoms with Gasteiger partial charge in [0.15, 0.2) is 0 Å². The van der Waals surface area contributed by atoms with Gasteiger partial charge in [0, 0.05) is 11.9 Å². The van der Waals surface area contributed by atoms with E-state index in [1.807, 2.05) is 0 Å². The molecule has 0 unspecified atom stereocenters. The maximum atomic E-state index is 13.2. The molecule has 10 heteroatoms. The summed E-state index contributed by atoms with van der Waals surface area (Å²) < 4.78 is 45.7. The highest BCUT2D eigenvalue weighted by Crippen LogP contribution is 2.34. The number of carbonyl (C=O) groups excluding carboxylic acids is 2. The van der Waals surface area contributed by atoms with Crippen LogP contribution >= 0.6 is 0 Å². The Hall–Kier alpha value is -3.69. The fourth-order valence-corrected chi connectivity index (χ4v) is 3.02. The highest BCUT2D eigenvalue weighted by atomic mass is 19.4. The van der Waals surface area contributed by atoms with Crippen molar-refractivity contribution in [1.29, 1.82) is 0 Å². The minimum Gasteiger partial charge on any atom is -0.462 e. The lowest BCUT2D eigenvalue weighted by molar-refractivity contribution is -0.137. The molecule has 7 nitrogen and oxygen atoms in total. The van der Waals surface area contributed by atoms with Gasteiger partial charge in [0.1, 0.15) is 17.8 Å². The monoisotopic (exact) mass is 433 g/mol. The Morgan fingerprint density at radius 2 is 1.87 bits per heavy atom. The zero-order chi connectivity index (χ0) is 22.8. The molecule has 0 aliphatic carbocycles. The molecule has 0 aliphatic rings. The van der Waals surface area contributed by atoms with Crippen LogP contribution in [0.25, 0.3) is 11.0 Å². The van der Waals surface area contributed by atoms with Gasteiger partial charge >= 0.3 is 12.1 Å². The van der Waals surface area contributed by atoms with E-state index in [9.17, 15) is 27.6 Å². The van der Waals surface area contributed by atoms with Gasteiger partial charge in [0.2, 0.25) is 11.3 Å². The van der Waals surface area contributed by atoms with E-state index in [4.69, 9.17) is 4.74 Å². The van der Waals surface area contributed by atoms with Gasteiger partial charge in [-0.05, 0) is 38.1 Å². The molecule has 2 aromatic heterocycles. The van der Waals surface area contributed by atoms with Gasteiger partial charge in [0.25, 0.3) is 0 Å². The van der Waals surface area contributed by atoms with Crippen LogP contribution in [0.15, 0.2) is 47.4 Å². The van der Waals surface area contributed by atoms with Crippen molar-refractivity contribution >= 4 is 28.6 Å². The van der Waals surface area contributed by atoms with E-state index < -0.39 is 41.3 Å². The zero-order valence-electron chi connectivity index (χ0n) is 16.6. The number of aryl methyl sites for hydroxylation is 1. The number of anilines is 1. The van der Waals surface area contributed by atoms with Gasteiger partial charge < -0.3 is 14.6 Å². The highest BCUT2D eigenvalue weighted by molar-refractivity contribution is 5.95. The normalized spacial score (nSPS) is 11.4. The average Bonchev–Trinajstić information content (AvgIpc) is 2.69. The molecule has 1 aromatic carbocycles. The Morgan fingerprint density at radius 3 is 2.55 bits per heavy atom. The van der Waals surface area contributed by atoms with Crippen LogP contribution in [-0.4, -0.2) is 28.0 Å². The Labute approximate surface area is 174 Å². The smallest absolute Gasteiger partial charge is 0.418 e. The lowest BCUT2D eigenvalue weighted by Crippen LogP contribution is -2.26. The second kappa shape index (κ2) is 8.58. The van der Waals surface area contributed by atoms with E-state index in [1.165, 1.54) is 22.8 Å². The first-order valence-corrected chi connectivity index (χ1v) is 9.25. The van der Waals surface area contributed by atoms with E-state index in [0.717, 1.165) is 18.3 Å². The second-order valence-corrected chi connectivity index (χ2v) is 6.64. The predicted molar refractivity (Wildman–Crippen MR) is 107 cm³/mol. The second-order valence-electron chi connectivity index (χ2n) is 6.64. The highest BCUT2D eigenvalue weighted by Gasteiger charge is 2.33. The van der Waals surface area contributed by atoms with Gasteiger partial charge in [-0.25, -0.2) is 9.78 Å². The number of rotatable bonds is 5.